The Balaban J connectivity index is 1.87. The van der Waals surface area contributed by atoms with Crippen LogP contribution in [0.25, 0.3) is 0 Å². The lowest BCUT2D eigenvalue weighted by Crippen LogP contribution is -2.20. The second kappa shape index (κ2) is 5.71. The van der Waals surface area contributed by atoms with Crippen LogP contribution in [0, 0.1) is 0 Å². The molecule has 0 fully saturated rings. The monoisotopic (exact) mass is 270 g/mol. The smallest absolute Gasteiger partial charge is 0.123 e. The normalized spacial score (nSPS) is 17.8. The summed E-state index contributed by atoms with van der Waals surface area (Å²) in [6, 6.07) is 8.75. The number of methoxy groups -OCH3 is 1. The van der Waals surface area contributed by atoms with Gasteiger partial charge in [0.05, 0.1) is 13.7 Å². The van der Waals surface area contributed by atoms with E-state index in [-0.39, 0.29) is 0 Å². The van der Waals surface area contributed by atoms with Crippen molar-refractivity contribution in [2.24, 2.45) is 0 Å². The van der Waals surface area contributed by atoms with Gasteiger partial charge in [-0.05, 0) is 43.5 Å². The van der Waals surface area contributed by atoms with Crippen molar-refractivity contribution in [2.75, 3.05) is 14.2 Å². The zero-order chi connectivity index (χ0) is 13.9. The molecule has 0 amide bonds. The van der Waals surface area contributed by atoms with Gasteiger partial charge in [0.15, 0.2) is 0 Å². The molecular weight excluding hydrogens is 248 g/mol. The Morgan fingerprint density at radius 3 is 2.95 bits per heavy atom. The Morgan fingerprint density at radius 1 is 1.30 bits per heavy atom. The molecule has 1 aromatic heterocycles. The predicted molar refractivity (Wildman–Crippen MR) is 81.3 cm³/mol. The largest absolute Gasteiger partial charge is 0.496 e. The van der Waals surface area contributed by atoms with Crippen LogP contribution in [0.15, 0.2) is 36.7 Å². The highest BCUT2D eigenvalue weighted by Crippen LogP contribution is 2.30. The van der Waals surface area contributed by atoms with Crippen LogP contribution < -0.4 is 10.1 Å². The summed E-state index contributed by atoms with van der Waals surface area (Å²) in [6.45, 7) is 0.868. The molecule has 1 aliphatic rings. The van der Waals surface area contributed by atoms with Crippen molar-refractivity contribution in [3.05, 3.63) is 53.3 Å². The van der Waals surface area contributed by atoms with E-state index in [1.54, 1.807) is 7.11 Å². The molecule has 1 aliphatic carbocycles. The molecule has 3 nitrogen and oxygen atoms in total. The minimum absolute atomic E-state index is 0.512. The van der Waals surface area contributed by atoms with Gasteiger partial charge in [0.1, 0.15) is 5.75 Å². The van der Waals surface area contributed by atoms with Crippen molar-refractivity contribution in [3.63, 3.8) is 0 Å². The number of fused-ring (bicyclic) bond motifs is 1. The molecule has 1 unspecified atom stereocenters. The Bertz CT molecular complexity index is 588. The lowest BCUT2D eigenvalue weighted by atomic mass is 9.91. The molecule has 0 spiro atoms. The molecule has 1 atom stereocenters. The lowest BCUT2D eigenvalue weighted by molar-refractivity contribution is 0.408. The van der Waals surface area contributed by atoms with Gasteiger partial charge in [-0.1, -0.05) is 18.2 Å². The summed E-state index contributed by atoms with van der Waals surface area (Å²) in [5.74, 6) is 0.962. The summed E-state index contributed by atoms with van der Waals surface area (Å²) in [6.07, 6.45) is 8.30. The van der Waals surface area contributed by atoms with E-state index in [2.05, 4.69) is 41.5 Å². The first-order valence-corrected chi connectivity index (χ1v) is 7.29. The second-order valence-corrected chi connectivity index (χ2v) is 5.46. The van der Waals surface area contributed by atoms with Crippen molar-refractivity contribution in [2.45, 2.75) is 31.8 Å². The van der Waals surface area contributed by atoms with Gasteiger partial charge in [-0.2, -0.15) is 0 Å². The molecule has 0 radical (unpaired) electrons. The van der Waals surface area contributed by atoms with Crippen LogP contribution in [0.2, 0.25) is 0 Å². The van der Waals surface area contributed by atoms with Gasteiger partial charge >= 0.3 is 0 Å². The number of nitrogens with one attached hydrogen (secondary N) is 1. The third-order valence-electron chi connectivity index (χ3n) is 4.21. The Labute approximate surface area is 120 Å². The van der Waals surface area contributed by atoms with E-state index in [1.165, 1.54) is 36.0 Å². The summed E-state index contributed by atoms with van der Waals surface area (Å²) in [7, 11) is 3.79. The van der Waals surface area contributed by atoms with Gasteiger partial charge in [-0.3, -0.25) is 0 Å². The third kappa shape index (κ3) is 2.46. The molecule has 0 saturated heterocycles. The van der Waals surface area contributed by atoms with Crippen LogP contribution in [0.5, 0.6) is 5.75 Å². The first-order chi connectivity index (χ1) is 9.81. The zero-order valence-electron chi connectivity index (χ0n) is 12.2. The van der Waals surface area contributed by atoms with E-state index < -0.39 is 0 Å². The molecule has 3 heteroatoms. The van der Waals surface area contributed by atoms with Crippen molar-refractivity contribution in [3.8, 4) is 5.75 Å². The maximum Gasteiger partial charge on any atom is 0.123 e. The molecular formula is C17H22N2O. The molecule has 106 valence electrons. The average Bonchev–Trinajstić information content (AvgIpc) is 2.90. The summed E-state index contributed by atoms with van der Waals surface area (Å²) >= 11 is 0. The minimum atomic E-state index is 0.512. The summed E-state index contributed by atoms with van der Waals surface area (Å²) in [5.41, 5.74) is 4.18. The van der Waals surface area contributed by atoms with Crippen LogP contribution in [-0.2, 0) is 13.0 Å². The summed E-state index contributed by atoms with van der Waals surface area (Å²) in [4.78, 5) is 0. The van der Waals surface area contributed by atoms with E-state index in [0.29, 0.717) is 6.04 Å². The number of hydrogen-bond acceptors (Lipinski definition) is 2. The van der Waals surface area contributed by atoms with Crippen LogP contribution in [-0.4, -0.2) is 18.7 Å². The van der Waals surface area contributed by atoms with Crippen LogP contribution in [0.1, 0.15) is 35.6 Å². The first kappa shape index (κ1) is 13.3. The summed E-state index contributed by atoms with van der Waals surface area (Å²) in [5, 5.41) is 3.42. The van der Waals surface area contributed by atoms with Gasteiger partial charge in [0.25, 0.3) is 0 Å². The Hall–Kier alpha value is -1.74. The number of benzene rings is 1. The number of rotatable bonds is 4. The Morgan fingerprint density at radius 2 is 2.15 bits per heavy atom. The fraction of sp³-hybridized carbons (Fsp3) is 0.412. The second-order valence-electron chi connectivity index (χ2n) is 5.46. The minimum Gasteiger partial charge on any atom is -0.496 e. The Kier molecular flexibility index (Phi) is 3.79. The molecule has 0 aliphatic heterocycles. The first-order valence-electron chi connectivity index (χ1n) is 7.29. The number of aromatic nitrogens is 1. The van der Waals surface area contributed by atoms with Crippen LogP contribution in [0.4, 0.5) is 0 Å². The predicted octanol–water partition coefficient (Wildman–Crippen LogP) is 3.14. The molecule has 0 bridgehead atoms. The topological polar surface area (TPSA) is 26.2 Å². The average molecular weight is 270 g/mol. The standard InChI is InChI=1S/C17H22N2O/c1-18-16-8-5-7-13-10-19(12-15(13)16)11-14-6-3-4-9-17(14)20-2/h3-4,6,9-10,12,16,18H,5,7-8,11H2,1-2H3. The number of aryl methyl sites for hydroxylation is 1. The molecule has 1 aromatic carbocycles. The molecule has 1 heterocycles. The van der Waals surface area contributed by atoms with Gasteiger partial charge in [-0.25, -0.2) is 0 Å². The number of ether oxygens (including phenoxy) is 1. The van der Waals surface area contributed by atoms with E-state index in [1.807, 2.05) is 12.1 Å². The highest BCUT2D eigenvalue weighted by atomic mass is 16.5. The molecule has 20 heavy (non-hydrogen) atoms. The van der Waals surface area contributed by atoms with E-state index in [0.717, 1.165) is 12.3 Å². The van der Waals surface area contributed by atoms with Gasteiger partial charge in [0, 0.05) is 24.0 Å². The maximum absolute atomic E-state index is 5.44. The van der Waals surface area contributed by atoms with Gasteiger partial charge < -0.3 is 14.6 Å². The number of hydrogen-bond donors (Lipinski definition) is 1. The van der Waals surface area contributed by atoms with Crippen molar-refractivity contribution >= 4 is 0 Å². The van der Waals surface area contributed by atoms with Crippen molar-refractivity contribution < 1.29 is 4.74 Å². The SMILES string of the molecule is CNC1CCCc2cn(Cc3ccccc3OC)cc21. The molecule has 1 N–H and O–H groups in total. The van der Waals surface area contributed by atoms with Gasteiger partial charge in [0.2, 0.25) is 0 Å². The van der Waals surface area contributed by atoms with Crippen LogP contribution in [0.3, 0.4) is 0 Å². The molecule has 3 rings (SSSR count). The lowest BCUT2D eigenvalue weighted by Gasteiger charge is -2.21. The van der Waals surface area contributed by atoms with E-state index in [9.17, 15) is 0 Å². The number of nitrogens with zero attached hydrogens (tertiary/aromatic N) is 1. The fourth-order valence-corrected chi connectivity index (χ4v) is 3.17. The number of para-hydroxylation sites is 1. The van der Waals surface area contributed by atoms with Crippen molar-refractivity contribution in [1.82, 2.24) is 9.88 Å². The quantitative estimate of drug-likeness (QED) is 0.923. The van der Waals surface area contributed by atoms with Gasteiger partial charge in [-0.15, -0.1) is 0 Å². The van der Waals surface area contributed by atoms with E-state index >= 15 is 0 Å². The highest BCUT2D eigenvalue weighted by molar-refractivity contribution is 5.35. The maximum atomic E-state index is 5.44. The highest BCUT2D eigenvalue weighted by Gasteiger charge is 2.20. The zero-order valence-corrected chi connectivity index (χ0v) is 12.2. The molecule has 0 saturated carbocycles. The van der Waals surface area contributed by atoms with E-state index in [4.69, 9.17) is 4.74 Å². The van der Waals surface area contributed by atoms with Crippen molar-refractivity contribution in [1.29, 1.82) is 0 Å². The third-order valence-corrected chi connectivity index (χ3v) is 4.21. The fourth-order valence-electron chi connectivity index (χ4n) is 3.17. The summed E-state index contributed by atoms with van der Waals surface area (Å²) < 4.78 is 7.73. The molecule has 2 aromatic rings. The van der Waals surface area contributed by atoms with Crippen LogP contribution >= 0.6 is 0 Å².